The molecule has 2 aromatic carbocycles. The first-order valence-corrected chi connectivity index (χ1v) is 10.3. The van der Waals surface area contributed by atoms with Gasteiger partial charge in [0.05, 0.1) is 6.61 Å². The minimum absolute atomic E-state index is 0.229. The number of hydrogen-bond donors (Lipinski definition) is 0. The molecule has 0 fully saturated rings. The van der Waals surface area contributed by atoms with Gasteiger partial charge >= 0.3 is 0 Å². The molecule has 0 radical (unpaired) electrons. The highest BCUT2D eigenvalue weighted by atomic mass is 32.2. The lowest BCUT2D eigenvalue weighted by Crippen LogP contribution is -2.01. The average molecular weight is 398 g/mol. The van der Waals surface area contributed by atoms with E-state index in [0.717, 1.165) is 47.3 Å². The van der Waals surface area contributed by atoms with E-state index >= 15 is 0 Å². The quantitative estimate of drug-likeness (QED) is 0.248. The molecule has 6 heteroatoms. The van der Waals surface area contributed by atoms with Gasteiger partial charge in [0, 0.05) is 17.9 Å². The monoisotopic (exact) mass is 397 g/mol. The lowest BCUT2D eigenvalue weighted by molar-refractivity contribution is 0.309. The molecule has 146 valence electrons. The average Bonchev–Trinajstić information content (AvgIpc) is 3.10. The summed E-state index contributed by atoms with van der Waals surface area (Å²) in [5.74, 6) is 2.03. The number of allylic oxidation sites excluding steroid dienone is 1. The van der Waals surface area contributed by atoms with E-state index in [2.05, 4.69) is 23.7 Å². The topological polar surface area (TPSA) is 39.9 Å². The third-order valence-electron chi connectivity index (χ3n) is 4.16. The van der Waals surface area contributed by atoms with Crippen molar-refractivity contribution in [3.8, 4) is 17.1 Å². The Labute approximate surface area is 169 Å². The van der Waals surface area contributed by atoms with Crippen LogP contribution in [0.3, 0.4) is 0 Å². The molecule has 0 amide bonds. The van der Waals surface area contributed by atoms with Crippen LogP contribution in [-0.2, 0) is 12.3 Å². The van der Waals surface area contributed by atoms with Gasteiger partial charge < -0.3 is 4.74 Å². The van der Waals surface area contributed by atoms with Crippen molar-refractivity contribution < 1.29 is 9.13 Å². The van der Waals surface area contributed by atoms with Crippen LogP contribution < -0.4 is 4.74 Å². The number of benzene rings is 2. The minimum atomic E-state index is -0.229. The van der Waals surface area contributed by atoms with Crippen LogP contribution in [-0.4, -0.2) is 21.4 Å². The summed E-state index contributed by atoms with van der Waals surface area (Å²) >= 11 is 1.53. The largest absolute Gasteiger partial charge is 0.494 e. The Kier molecular flexibility index (Phi) is 7.25. The van der Waals surface area contributed by atoms with Crippen LogP contribution in [0.1, 0.15) is 25.3 Å². The van der Waals surface area contributed by atoms with Crippen molar-refractivity contribution in [1.82, 2.24) is 14.8 Å². The lowest BCUT2D eigenvalue weighted by Gasteiger charge is -2.09. The number of unbranched alkanes of at least 4 members (excludes halogenated alkanes) is 1. The van der Waals surface area contributed by atoms with Crippen molar-refractivity contribution in [2.24, 2.45) is 0 Å². The summed E-state index contributed by atoms with van der Waals surface area (Å²) in [5, 5.41) is 9.48. The van der Waals surface area contributed by atoms with Crippen LogP contribution in [0.4, 0.5) is 4.39 Å². The third-order valence-corrected chi connectivity index (χ3v) is 5.20. The third kappa shape index (κ3) is 5.23. The van der Waals surface area contributed by atoms with E-state index in [4.69, 9.17) is 4.74 Å². The van der Waals surface area contributed by atoms with E-state index in [1.807, 2.05) is 41.0 Å². The second-order valence-electron chi connectivity index (χ2n) is 6.35. The summed E-state index contributed by atoms with van der Waals surface area (Å²) in [6, 6.07) is 14.5. The molecule has 0 aliphatic heterocycles. The number of thioether (sulfide) groups is 1. The van der Waals surface area contributed by atoms with Crippen molar-refractivity contribution in [1.29, 1.82) is 0 Å². The molecular formula is C22H24FN3OS. The number of nitrogens with zero attached hydrogens (tertiary/aromatic N) is 3. The van der Waals surface area contributed by atoms with Crippen LogP contribution >= 0.6 is 11.8 Å². The van der Waals surface area contributed by atoms with Gasteiger partial charge in [-0.3, -0.25) is 4.57 Å². The molecule has 0 saturated carbocycles. The molecule has 0 bridgehead atoms. The number of aromatic nitrogens is 3. The Balaban J connectivity index is 1.75. The maximum atomic E-state index is 13.4. The number of hydrogen-bond acceptors (Lipinski definition) is 4. The molecule has 0 spiro atoms. The van der Waals surface area contributed by atoms with Gasteiger partial charge in [-0.15, -0.1) is 16.8 Å². The molecule has 4 nitrogen and oxygen atoms in total. The molecule has 0 saturated heterocycles. The first kappa shape index (κ1) is 20.1. The molecular weight excluding hydrogens is 373 g/mol. The van der Waals surface area contributed by atoms with Gasteiger partial charge in [0.1, 0.15) is 11.6 Å². The SMILES string of the molecule is C=CCn1c(SCc2cccc(F)c2)nnc1-c1ccc(OCCCC)cc1. The molecule has 28 heavy (non-hydrogen) atoms. The second kappa shape index (κ2) is 10.1. The summed E-state index contributed by atoms with van der Waals surface area (Å²) in [6.07, 6.45) is 3.97. The highest BCUT2D eigenvalue weighted by Gasteiger charge is 2.14. The molecule has 1 aromatic heterocycles. The highest BCUT2D eigenvalue weighted by molar-refractivity contribution is 7.98. The predicted molar refractivity (Wildman–Crippen MR) is 112 cm³/mol. The van der Waals surface area contributed by atoms with E-state index in [1.54, 1.807) is 12.1 Å². The van der Waals surface area contributed by atoms with Crippen LogP contribution in [0.2, 0.25) is 0 Å². The minimum Gasteiger partial charge on any atom is -0.494 e. The Morgan fingerprint density at radius 2 is 2.00 bits per heavy atom. The molecule has 0 N–H and O–H groups in total. The maximum absolute atomic E-state index is 13.4. The molecule has 3 aromatic rings. The highest BCUT2D eigenvalue weighted by Crippen LogP contribution is 2.27. The number of ether oxygens (including phenoxy) is 1. The first-order valence-electron chi connectivity index (χ1n) is 9.36. The van der Waals surface area contributed by atoms with Gasteiger partial charge in [0.15, 0.2) is 11.0 Å². The van der Waals surface area contributed by atoms with Gasteiger partial charge in [-0.2, -0.15) is 0 Å². The lowest BCUT2D eigenvalue weighted by atomic mass is 10.2. The van der Waals surface area contributed by atoms with Gasteiger partial charge in [0.2, 0.25) is 0 Å². The van der Waals surface area contributed by atoms with Crippen molar-refractivity contribution in [2.75, 3.05) is 6.61 Å². The van der Waals surface area contributed by atoms with E-state index < -0.39 is 0 Å². The number of rotatable bonds is 10. The fourth-order valence-electron chi connectivity index (χ4n) is 2.71. The Morgan fingerprint density at radius 3 is 2.71 bits per heavy atom. The fraction of sp³-hybridized carbons (Fsp3) is 0.273. The molecule has 1 heterocycles. The summed E-state index contributed by atoms with van der Waals surface area (Å²) in [4.78, 5) is 0. The molecule has 3 rings (SSSR count). The molecule has 0 aliphatic rings. The summed E-state index contributed by atoms with van der Waals surface area (Å²) in [5.41, 5.74) is 1.88. The van der Waals surface area contributed by atoms with Crippen LogP contribution in [0, 0.1) is 5.82 Å². The number of halogens is 1. The normalized spacial score (nSPS) is 10.8. The fourth-order valence-corrected chi connectivity index (χ4v) is 3.60. The Hall–Kier alpha value is -2.60. The molecule has 0 atom stereocenters. The van der Waals surface area contributed by atoms with Gasteiger partial charge in [-0.25, -0.2) is 4.39 Å². The summed E-state index contributed by atoms with van der Waals surface area (Å²) in [6.45, 7) is 7.31. The van der Waals surface area contributed by atoms with E-state index in [1.165, 1.54) is 17.8 Å². The zero-order chi connectivity index (χ0) is 19.8. The Morgan fingerprint density at radius 1 is 1.18 bits per heavy atom. The van der Waals surface area contributed by atoms with E-state index in [-0.39, 0.29) is 5.82 Å². The first-order chi connectivity index (χ1) is 13.7. The van der Waals surface area contributed by atoms with Crippen LogP contribution in [0.5, 0.6) is 5.75 Å². The van der Waals surface area contributed by atoms with Crippen molar-refractivity contribution in [3.63, 3.8) is 0 Å². The summed E-state index contributed by atoms with van der Waals surface area (Å²) < 4.78 is 21.1. The maximum Gasteiger partial charge on any atom is 0.192 e. The smallest absolute Gasteiger partial charge is 0.192 e. The van der Waals surface area contributed by atoms with E-state index in [0.29, 0.717) is 12.3 Å². The summed E-state index contributed by atoms with van der Waals surface area (Å²) in [7, 11) is 0. The zero-order valence-corrected chi connectivity index (χ0v) is 16.8. The van der Waals surface area contributed by atoms with Crippen molar-refractivity contribution in [3.05, 3.63) is 72.6 Å². The molecule has 0 unspecified atom stereocenters. The predicted octanol–water partition coefficient (Wildman–Crippen LogP) is 5.74. The van der Waals surface area contributed by atoms with Gasteiger partial charge in [-0.1, -0.05) is 43.3 Å². The van der Waals surface area contributed by atoms with Crippen molar-refractivity contribution in [2.45, 2.75) is 37.2 Å². The molecule has 0 aliphatic carbocycles. The van der Waals surface area contributed by atoms with Crippen LogP contribution in [0.15, 0.2) is 66.3 Å². The van der Waals surface area contributed by atoms with Crippen molar-refractivity contribution >= 4 is 11.8 Å². The van der Waals surface area contributed by atoms with Gasteiger partial charge in [-0.05, 0) is 48.4 Å². The van der Waals surface area contributed by atoms with Gasteiger partial charge in [0.25, 0.3) is 0 Å². The van der Waals surface area contributed by atoms with Crippen LogP contribution in [0.25, 0.3) is 11.4 Å². The second-order valence-corrected chi connectivity index (χ2v) is 7.29. The zero-order valence-electron chi connectivity index (χ0n) is 16.0. The standard InChI is InChI=1S/C22H24FN3OS/c1-3-5-14-27-20-11-9-18(10-12-20)21-24-25-22(26(21)13-4-2)28-16-17-7-6-8-19(23)15-17/h4,6-12,15H,2-3,5,13-14,16H2,1H3. The Bertz CT molecular complexity index is 908. The van der Waals surface area contributed by atoms with E-state index in [9.17, 15) is 4.39 Å².